The highest BCUT2D eigenvalue weighted by Crippen LogP contribution is 2.33. The van der Waals surface area contributed by atoms with Gasteiger partial charge in [-0.3, -0.25) is 0 Å². The van der Waals surface area contributed by atoms with Gasteiger partial charge in [-0.25, -0.2) is 4.39 Å². The van der Waals surface area contributed by atoms with Crippen molar-refractivity contribution in [3.63, 3.8) is 0 Å². The van der Waals surface area contributed by atoms with Crippen LogP contribution < -0.4 is 0 Å². The SMILES string of the molecule is N#Cc1cccc(F)c1-c1ccc(Cl)cc1Cl. The molecule has 0 aliphatic rings. The second kappa shape index (κ2) is 4.75. The topological polar surface area (TPSA) is 23.8 Å². The van der Waals surface area contributed by atoms with Gasteiger partial charge in [0.25, 0.3) is 0 Å². The van der Waals surface area contributed by atoms with Crippen molar-refractivity contribution >= 4 is 23.2 Å². The lowest BCUT2D eigenvalue weighted by Crippen LogP contribution is -1.90. The Balaban J connectivity index is 2.73. The quantitative estimate of drug-likeness (QED) is 0.735. The molecule has 17 heavy (non-hydrogen) atoms. The minimum Gasteiger partial charge on any atom is -0.206 e. The number of rotatable bonds is 1. The van der Waals surface area contributed by atoms with Gasteiger partial charge in [0.05, 0.1) is 16.7 Å². The molecule has 0 aliphatic carbocycles. The molecule has 84 valence electrons. The van der Waals surface area contributed by atoms with Crippen molar-refractivity contribution in [3.8, 4) is 17.2 Å². The van der Waals surface area contributed by atoms with E-state index in [4.69, 9.17) is 28.5 Å². The van der Waals surface area contributed by atoms with Gasteiger partial charge in [0.2, 0.25) is 0 Å². The van der Waals surface area contributed by atoms with Crippen LogP contribution in [0.5, 0.6) is 0 Å². The second-order valence-corrected chi connectivity index (χ2v) is 4.24. The van der Waals surface area contributed by atoms with Gasteiger partial charge in [-0.15, -0.1) is 0 Å². The molecule has 0 heterocycles. The summed E-state index contributed by atoms with van der Waals surface area (Å²) in [6.07, 6.45) is 0. The van der Waals surface area contributed by atoms with E-state index in [9.17, 15) is 4.39 Å². The Kier molecular flexibility index (Phi) is 3.33. The number of hydrogen-bond donors (Lipinski definition) is 0. The van der Waals surface area contributed by atoms with E-state index >= 15 is 0 Å². The van der Waals surface area contributed by atoms with Crippen LogP contribution in [0.1, 0.15) is 5.56 Å². The number of hydrogen-bond acceptors (Lipinski definition) is 1. The fourth-order valence-electron chi connectivity index (χ4n) is 1.58. The van der Waals surface area contributed by atoms with E-state index in [-0.39, 0.29) is 11.1 Å². The molecule has 0 aromatic heterocycles. The standard InChI is InChI=1S/C13H6Cl2FN/c14-9-4-5-10(11(15)6-9)13-8(7-17)2-1-3-12(13)16/h1-6H. The van der Waals surface area contributed by atoms with Gasteiger partial charge in [0.1, 0.15) is 5.82 Å². The highest BCUT2D eigenvalue weighted by Gasteiger charge is 2.13. The highest BCUT2D eigenvalue weighted by molar-refractivity contribution is 6.36. The van der Waals surface area contributed by atoms with Crippen molar-refractivity contribution in [1.82, 2.24) is 0 Å². The predicted octanol–water partition coefficient (Wildman–Crippen LogP) is 4.67. The summed E-state index contributed by atoms with van der Waals surface area (Å²) in [4.78, 5) is 0. The van der Waals surface area contributed by atoms with Crippen molar-refractivity contribution in [1.29, 1.82) is 5.26 Å². The molecular formula is C13H6Cl2FN. The van der Waals surface area contributed by atoms with Crippen molar-refractivity contribution in [2.24, 2.45) is 0 Å². The van der Waals surface area contributed by atoms with Gasteiger partial charge in [0, 0.05) is 16.1 Å². The number of halogens is 3. The first-order chi connectivity index (χ1) is 8.13. The van der Waals surface area contributed by atoms with Crippen LogP contribution in [0.25, 0.3) is 11.1 Å². The lowest BCUT2D eigenvalue weighted by Gasteiger charge is -2.08. The van der Waals surface area contributed by atoms with E-state index in [1.54, 1.807) is 18.2 Å². The Morgan fingerprint density at radius 1 is 1.12 bits per heavy atom. The van der Waals surface area contributed by atoms with E-state index < -0.39 is 5.82 Å². The van der Waals surface area contributed by atoms with Crippen molar-refractivity contribution in [3.05, 3.63) is 57.8 Å². The summed E-state index contributed by atoms with van der Waals surface area (Å²) in [7, 11) is 0. The molecule has 0 unspecified atom stereocenters. The Morgan fingerprint density at radius 3 is 2.53 bits per heavy atom. The third-order valence-electron chi connectivity index (χ3n) is 2.33. The summed E-state index contributed by atoms with van der Waals surface area (Å²) in [5.74, 6) is -0.478. The summed E-state index contributed by atoms with van der Waals surface area (Å²) < 4.78 is 13.8. The molecule has 0 bridgehead atoms. The molecule has 0 spiro atoms. The minimum atomic E-state index is -0.478. The van der Waals surface area contributed by atoms with Crippen molar-refractivity contribution in [2.45, 2.75) is 0 Å². The molecule has 0 amide bonds. The Labute approximate surface area is 108 Å². The Morgan fingerprint density at radius 2 is 1.88 bits per heavy atom. The van der Waals surface area contributed by atoms with E-state index in [2.05, 4.69) is 0 Å². The van der Waals surface area contributed by atoms with Gasteiger partial charge in [0.15, 0.2) is 0 Å². The highest BCUT2D eigenvalue weighted by atomic mass is 35.5. The molecule has 2 rings (SSSR count). The maximum Gasteiger partial charge on any atom is 0.132 e. The first-order valence-corrected chi connectivity index (χ1v) is 5.53. The minimum absolute atomic E-state index is 0.205. The van der Waals surface area contributed by atoms with Gasteiger partial charge in [-0.1, -0.05) is 35.3 Å². The Bertz CT molecular complexity index is 617. The van der Waals surface area contributed by atoms with Crippen LogP contribution >= 0.6 is 23.2 Å². The van der Waals surface area contributed by atoms with Crippen LogP contribution in [0.4, 0.5) is 4.39 Å². The molecule has 0 N–H and O–H groups in total. The second-order valence-electron chi connectivity index (χ2n) is 3.40. The normalized spacial score (nSPS) is 10.0. The van der Waals surface area contributed by atoms with Gasteiger partial charge in [-0.05, 0) is 24.3 Å². The first-order valence-electron chi connectivity index (χ1n) is 4.77. The van der Waals surface area contributed by atoms with Crippen LogP contribution in [0, 0.1) is 17.1 Å². The van der Waals surface area contributed by atoms with Crippen LogP contribution in [-0.2, 0) is 0 Å². The number of nitriles is 1. The molecule has 0 aliphatic heterocycles. The molecule has 2 aromatic rings. The largest absolute Gasteiger partial charge is 0.206 e. The third-order valence-corrected chi connectivity index (χ3v) is 2.88. The molecule has 0 atom stereocenters. The average molecular weight is 266 g/mol. The fourth-order valence-corrected chi connectivity index (χ4v) is 2.09. The molecule has 0 radical (unpaired) electrons. The molecule has 0 saturated carbocycles. The number of benzene rings is 2. The summed E-state index contributed by atoms with van der Waals surface area (Å²) in [5, 5.41) is 9.75. The molecular weight excluding hydrogens is 260 g/mol. The summed E-state index contributed by atoms with van der Waals surface area (Å²) in [6, 6.07) is 11.0. The summed E-state index contributed by atoms with van der Waals surface area (Å²) >= 11 is 11.8. The lowest BCUT2D eigenvalue weighted by molar-refractivity contribution is 0.631. The monoisotopic (exact) mass is 265 g/mol. The zero-order valence-electron chi connectivity index (χ0n) is 8.55. The van der Waals surface area contributed by atoms with Gasteiger partial charge >= 0.3 is 0 Å². The predicted molar refractivity (Wildman–Crippen MR) is 66.6 cm³/mol. The van der Waals surface area contributed by atoms with Gasteiger partial charge < -0.3 is 0 Å². The molecule has 2 aromatic carbocycles. The lowest BCUT2D eigenvalue weighted by atomic mass is 10.00. The fraction of sp³-hybridized carbons (Fsp3) is 0. The van der Waals surface area contributed by atoms with Crippen molar-refractivity contribution in [2.75, 3.05) is 0 Å². The van der Waals surface area contributed by atoms with Crippen LogP contribution in [0.3, 0.4) is 0 Å². The summed E-state index contributed by atoms with van der Waals surface area (Å²) in [6.45, 7) is 0. The first kappa shape index (κ1) is 11.9. The number of nitrogens with zero attached hydrogens (tertiary/aromatic N) is 1. The summed E-state index contributed by atoms with van der Waals surface area (Å²) in [5.41, 5.74) is 0.914. The maximum atomic E-state index is 13.8. The van der Waals surface area contributed by atoms with Crippen LogP contribution in [-0.4, -0.2) is 0 Å². The van der Waals surface area contributed by atoms with Crippen LogP contribution in [0.15, 0.2) is 36.4 Å². The van der Waals surface area contributed by atoms with Gasteiger partial charge in [-0.2, -0.15) is 5.26 Å². The maximum absolute atomic E-state index is 13.8. The van der Waals surface area contributed by atoms with Crippen LogP contribution in [0.2, 0.25) is 10.0 Å². The molecule has 0 fully saturated rings. The smallest absolute Gasteiger partial charge is 0.132 e. The molecule has 4 heteroatoms. The zero-order valence-corrected chi connectivity index (χ0v) is 10.1. The molecule has 1 nitrogen and oxygen atoms in total. The van der Waals surface area contributed by atoms with E-state index in [1.807, 2.05) is 6.07 Å². The van der Waals surface area contributed by atoms with E-state index in [0.717, 1.165) is 0 Å². The van der Waals surface area contributed by atoms with E-state index in [0.29, 0.717) is 15.6 Å². The zero-order chi connectivity index (χ0) is 12.4. The third kappa shape index (κ3) is 2.26. The Hall–Kier alpha value is -1.56. The van der Waals surface area contributed by atoms with Crippen molar-refractivity contribution < 1.29 is 4.39 Å². The average Bonchev–Trinajstić information content (AvgIpc) is 2.30. The molecule has 0 saturated heterocycles. The van der Waals surface area contributed by atoms with E-state index in [1.165, 1.54) is 18.2 Å².